The van der Waals surface area contributed by atoms with Crippen molar-refractivity contribution in [1.82, 2.24) is 0 Å². The van der Waals surface area contributed by atoms with Crippen LogP contribution in [-0.4, -0.2) is 6.61 Å². The maximum absolute atomic E-state index is 5.98. The average Bonchev–Trinajstić information content (AvgIpc) is 2.41. The number of nitrogens with two attached hydrogens (primary N) is 1. The molecule has 2 aromatic carbocycles. The SMILES string of the molecule is CCOc1ccc(N)c(SCc2ccc(Cl)cc2)c1. The number of ether oxygens (including phenoxy) is 1. The highest BCUT2D eigenvalue weighted by Crippen LogP contribution is 2.31. The molecule has 0 saturated carbocycles. The van der Waals surface area contributed by atoms with Crippen molar-refractivity contribution in [3.05, 3.63) is 53.1 Å². The van der Waals surface area contributed by atoms with Gasteiger partial charge >= 0.3 is 0 Å². The molecule has 0 fully saturated rings. The molecule has 0 heterocycles. The van der Waals surface area contributed by atoms with Crippen molar-refractivity contribution in [3.8, 4) is 5.75 Å². The number of thioether (sulfide) groups is 1. The topological polar surface area (TPSA) is 35.2 Å². The molecule has 0 bridgehead atoms. The van der Waals surface area contributed by atoms with E-state index in [-0.39, 0.29) is 0 Å². The fraction of sp³-hybridized carbons (Fsp3) is 0.200. The zero-order valence-corrected chi connectivity index (χ0v) is 12.3. The first-order chi connectivity index (χ1) is 9.19. The number of hydrogen-bond acceptors (Lipinski definition) is 3. The van der Waals surface area contributed by atoms with Crippen LogP contribution in [0.4, 0.5) is 5.69 Å². The van der Waals surface area contributed by atoms with Gasteiger partial charge in [0.25, 0.3) is 0 Å². The number of rotatable bonds is 5. The molecule has 4 heteroatoms. The molecule has 2 rings (SSSR count). The second-order valence-corrected chi connectivity index (χ2v) is 5.50. The van der Waals surface area contributed by atoms with E-state index in [0.717, 1.165) is 27.1 Å². The lowest BCUT2D eigenvalue weighted by Crippen LogP contribution is -1.94. The highest BCUT2D eigenvalue weighted by molar-refractivity contribution is 7.98. The summed E-state index contributed by atoms with van der Waals surface area (Å²) in [5.41, 5.74) is 7.97. The first-order valence-corrected chi connectivity index (χ1v) is 7.45. The maximum Gasteiger partial charge on any atom is 0.120 e. The Kier molecular flexibility index (Phi) is 5.00. The van der Waals surface area contributed by atoms with Gasteiger partial charge in [-0.2, -0.15) is 0 Å². The van der Waals surface area contributed by atoms with Crippen LogP contribution in [0.1, 0.15) is 12.5 Å². The Morgan fingerprint density at radius 2 is 1.89 bits per heavy atom. The molecule has 0 aliphatic rings. The summed E-state index contributed by atoms with van der Waals surface area (Å²) in [5, 5.41) is 0.756. The van der Waals surface area contributed by atoms with Crippen molar-refractivity contribution in [2.24, 2.45) is 0 Å². The molecular weight excluding hydrogens is 278 g/mol. The molecule has 2 N–H and O–H groups in total. The van der Waals surface area contributed by atoms with Crippen LogP contribution < -0.4 is 10.5 Å². The number of benzene rings is 2. The van der Waals surface area contributed by atoms with Crippen LogP contribution in [0.25, 0.3) is 0 Å². The summed E-state index contributed by atoms with van der Waals surface area (Å²) in [5.74, 6) is 1.71. The third-order valence-corrected chi connectivity index (χ3v) is 4.00. The zero-order chi connectivity index (χ0) is 13.7. The van der Waals surface area contributed by atoms with Gasteiger partial charge in [-0.15, -0.1) is 11.8 Å². The van der Waals surface area contributed by atoms with Gasteiger partial charge in [0, 0.05) is 21.4 Å². The smallest absolute Gasteiger partial charge is 0.120 e. The molecule has 0 radical (unpaired) electrons. The molecule has 100 valence electrons. The van der Waals surface area contributed by atoms with Crippen LogP contribution in [0.3, 0.4) is 0 Å². The van der Waals surface area contributed by atoms with E-state index in [9.17, 15) is 0 Å². The van der Waals surface area contributed by atoms with Crippen LogP contribution in [0.2, 0.25) is 5.02 Å². The molecule has 0 aliphatic carbocycles. The molecule has 0 spiro atoms. The number of nitrogen functional groups attached to an aromatic ring is 1. The van der Waals surface area contributed by atoms with E-state index in [2.05, 4.69) is 0 Å². The largest absolute Gasteiger partial charge is 0.494 e. The third-order valence-electron chi connectivity index (χ3n) is 2.60. The zero-order valence-electron chi connectivity index (χ0n) is 10.7. The lowest BCUT2D eigenvalue weighted by atomic mass is 10.2. The van der Waals surface area contributed by atoms with Crippen molar-refractivity contribution in [2.75, 3.05) is 12.3 Å². The fourth-order valence-electron chi connectivity index (χ4n) is 1.64. The predicted octanol–water partition coefficient (Wildman–Crippen LogP) is 4.61. The van der Waals surface area contributed by atoms with Crippen molar-refractivity contribution in [3.63, 3.8) is 0 Å². The quantitative estimate of drug-likeness (QED) is 0.646. The molecule has 0 unspecified atom stereocenters. The summed E-state index contributed by atoms with van der Waals surface area (Å²) in [6.45, 7) is 2.63. The van der Waals surface area contributed by atoms with E-state index < -0.39 is 0 Å². The average molecular weight is 294 g/mol. The lowest BCUT2D eigenvalue weighted by molar-refractivity contribution is 0.339. The van der Waals surface area contributed by atoms with Crippen LogP contribution in [-0.2, 0) is 5.75 Å². The standard InChI is InChI=1S/C15H16ClNOS/c1-2-18-13-7-8-14(17)15(9-13)19-10-11-3-5-12(16)6-4-11/h3-9H,2,10,17H2,1H3. The van der Waals surface area contributed by atoms with Gasteiger partial charge in [0.05, 0.1) is 6.61 Å². The monoisotopic (exact) mass is 293 g/mol. The highest BCUT2D eigenvalue weighted by atomic mass is 35.5. The summed E-state index contributed by atoms with van der Waals surface area (Å²) in [4.78, 5) is 1.04. The summed E-state index contributed by atoms with van der Waals surface area (Å²) in [7, 11) is 0. The van der Waals surface area contributed by atoms with Crippen molar-refractivity contribution in [2.45, 2.75) is 17.6 Å². The molecule has 19 heavy (non-hydrogen) atoms. The van der Waals surface area contributed by atoms with Gasteiger partial charge in [0.1, 0.15) is 5.75 Å². The third kappa shape index (κ3) is 4.08. The van der Waals surface area contributed by atoms with Gasteiger partial charge in [-0.25, -0.2) is 0 Å². The normalized spacial score (nSPS) is 10.4. The van der Waals surface area contributed by atoms with Crippen LogP contribution in [0.15, 0.2) is 47.4 Å². The molecule has 2 aromatic rings. The summed E-state index contributed by atoms with van der Waals surface area (Å²) >= 11 is 7.56. The van der Waals surface area contributed by atoms with E-state index in [1.54, 1.807) is 11.8 Å². The van der Waals surface area contributed by atoms with E-state index in [1.165, 1.54) is 5.56 Å². The van der Waals surface area contributed by atoms with E-state index in [0.29, 0.717) is 6.61 Å². The van der Waals surface area contributed by atoms with Crippen molar-refractivity contribution >= 4 is 29.1 Å². The fourth-order valence-corrected chi connectivity index (χ4v) is 2.71. The minimum atomic E-state index is 0.658. The Labute approximate surface area is 122 Å². The second-order valence-electron chi connectivity index (χ2n) is 4.05. The molecule has 2 nitrogen and oxygen atoms in total. The maximum atomic E-state index is 5.98. The first-order valence-electron chi connectivity index (χ1n) is 6.08. The molecule has 0 saturated heterocycles. The van der Waals surface area contributed by atoms with Gasteiger partial charge in [0.2, 0.25) is 0 Å². The number of hydrogen-bond donors (Lipinski definition) is 1. The van der Waals surface area contributed by atoms with Crippen LogP contribution >= 0.6 is 23.4 Å². The van der Waals surface area contributed by atoms with Crippen molar-refractivity contribution < 1.29 is 4.74 Å². The summed E-state index contributed by atoms with van der Waals surface area (Å²) in [6.07, 6.45) is 0. The molecule has 0 aliphatic heterocycles. The number of anilines is 1. The Morgan fingerprint density at radius 1 is 1.16 bits per heavy atom. The van der Waals surface area contributed by atoms with Crippen LogP contribution in [0.5, 0.6) is 5.75 Å². The van der Waals surface area contributed by atoms with Crippen molar-refractivity contribution in [1.29, 1.82) is 0 Å². The van der Waals surface area contributed by atoms with Gasteiger partial charge in [-0.3, -0.25) is 0 Å². The molecule has 0 amide bonds. The first kappa shape index (κ1) is 14.1. The molecule has 0 atom stereocenters. The summed E-state index contributed by atoms with van der Waals surface area (Å²) < 4.78 is 5.48. The minimum absolute atomic E-state index is 0.658. The Bertz CT molecular complexity index is 542. The number of halogens is 1. The van der Waals surface area contributed by atoms with E-state index >= 15 is 0 Å². The Balaban J connectivity index is 2.05. The van der Waals surface area contributed by atoms with Gasteiger partial charge < -0.3 is 10.5 Å². The lowest BCUT2D eigenvalue weighted by Gasteiger charge is -2.09. The molecule has 0 aromatic heterocycles. The van der Waals surface area contributed by atoms with E-state index in [1.807, 2.05) is 49.4 Å². The van der Waals surface area contributed by atoms with Gasteiger partial charge in [-0.05, 0) is 42.8 Å². The minimum Gasteiger partial charge on any atom is -0.494 e. The Hall–Kier alpha value is -1.32. The van der Waals surface area contributed by atoms with E-state index in [4.69, 9.17) is 22.1 Å². The molecular formula is C15H16ClNOS. The Morgan fingerprint density at radius 3 is 2.58 bits per heavy atom. The summed E-state index contributed by atoms with van der Waals surface area (Å²) in [6, 6.07) is 13.6. The highest BCUT2D eigenvalue weighted by Gasteiger charge is 2.03. The van der Waals surface area contributed by atoms with Crippen LogP contribution in [0, 0.1) is 0 Å². The van der Waals surface area contributed by atoms with Gasteiger partial charge in [0.15, 0.2) is 0 Å². The van der Waals surface area contributed by atoms with Gasteiger partial charge in [-0.1, -0.05) is 23.7 Å². The predicted molar refractivity (Wildman–Crippen MR) is 83.0 cm³/mol. The second kappa shape index (κ2) is 6.73.